The molecule has 0 spiro atoms. The van der Waals surface area contributed by atoms with Crippen molar-refractivity contribution in [3.8, 4) is 22.8 Å². The second-order valence-corrected chi connectivity index (χ2v) is 8.35. The van der Waals surface area contributed by atoms with Crippen molar-refractivity contribution in [2.45, 2.75) is 6.92 Å². The molecule has 0 unspecified atom stereocenters. The van der Waals surface area contributed by atoms with Crippen molar-refractivity contribution in [1.29, 1.82) is 0 Å². The van der Waals surface area contributed by atoms with Gasteiger partial charge < -0.3 is 19.9 Å². The molecule has 5 heterocycles. The number of aromatic amines is 1. The summed E-state index contributed by atoms with van der Waals surface area (Å²) in [5.41, 5.74) is 6.11. The predicted molar refractivity (Wildman–Crippen MR) is 132 cm³/mol. The number of hydrogen-bond donors (Lipinski definition) is 2. The first-order chi connectivity index (χ1) is 17.1. The van der Waals surface area contributed by atoms with Crippen LogP contribution in [0, 0.1) is 6.92 Å². The second kappa shape index (κ2) is 8.76. The zero-order chi connectivity index (χ0) is 23.8. The van der Waals surface area contributed by atoms with Crippen LogP contribution in [0.1, 0.15) is 5.69 Å². The highest BCUT2D eigenvalue weighted by Gasteiger charge is 2.18. The summed E-state index contributed by atoms with van der Waals surface area (Å²) in [5.74, 6) is 2.06. The number of nitrogens with one attached hydrogen (secondary N) is 2. The molecule has 1 aliphatic heterocycles. The number of nitrogens with zero attached hydrogens (tertiary/aromatic N) is 8. The van der Waals surface area contributed by atoms with Gasteiger partial charge in [0.2, 0.25) is 5.95 Å². The summed E-state index contributed by atoms with van der Waals surface area (Å²) in [6.07, 6.45) is 1.56. The van der Waals surface area contributed by atoms with E-state index >= 15 is 0 Å². The molecular weight excluding hydrogens is 444 g/mol. The van der Waals surface area contributed by atoms with Crippen LogP contribution >= 0.6 is 0 Å². The van der Waals surface area contributed by atoms with E-state index in [0.29, 0.717) is 25.0 Å². The van der Waals surface area contributed by atoms with E-state index in [1.165, 1.54) is 0 Å². The monoisotopic (exact) mass is 468 g/mol. The van der Waals surface area contributed by atoms with Crippen molar-refractivity contribution in [2.24, 2.45) is 7.05 Å². The van der Waals surface area contributed by atoms with Crippen LogP contribution in [0.25, 0.3) is 33.8 Å². The number of H-pyrrole nitrogens is 1. The summed E-state index contributed by atoms with van der Waals surface area (Å²) in [7, 11) is 1.92. The van der Waals surface area contributed by atoms with Crippen LogP contribution in [0.3, 0.4) is 0 Å². The Morgan fingerprint density at radius 3 is 2.57 bits per heavy atom. The zero-order valence-corrected chi connectivity index (χ0v) is 19.4. The Morgan fingerprint density at radius 2 is 1.80 bits per heavy atom. The molecule has 35 heavy (non-hydrogen) atoms. The van der Waals surface area contributed by atoms with Crippen molar-refractivity contribution in [3.63, 3.8) is 0 Å². The molecule has 1 saturated heterocycles. The lowest BCUT2D eigenvalue weighted by atomic mass is 10.2. The first-order valence-corrected chi connectivity index (χ1v) is 11.4. The number of hydrogen-bond acceptors (Lipinski definition) is 9. The van der Waals surface area contributed by atoms with Crippen LogP contribution in [-0.2, 0) is 11.8 Å². The molecule has 0 radical (unpaired) electrons. The Bertz CT molecular complexity index is 1470. The van der Waals surface area contributed by atoms with Gasteiger partial charge in [0, 0.05) is 37.5 Å². The lowest BCUT2D eigenvalue weighted by Crippen LogP contribution is -2.37. The van der Waals surface area contributed by atoms with Gasteiger partial charge in [0.05, 0.1) is 35.8 Å². The molecule has 11 heteroatoms. The zero-order valence-electron chi connectivity index (χ0n) is 19.4. The molecule has 5 aromatic rings. The summed E-state index contributed by atoms with van der Waals surface area (Å²) in [6, 6.07) is 13.9. The maximum Gasteiger partial charge on any atom is 0.228 e. The van der Waals surface area contributed by atoms with Crippen molar-refractivity contribution in [3.05, 3.63) is 54.5 Å². The van der Waals surface area contributed by atoms with E-state index in [1.54, 1.807) is 6.33 Å². The second-order valence-electron chi connectivity index (χ2n) is 8.35. The molecule has 0 atom stereocenters. The summed E-state index contributed by atoms with van der Waals surface area (Å²) in [6.45, 7) is 4.75. The highest BCUT2D eigenvalue weighted by Crippen LogP contribution is 2.27. The van der Waals surface area contributed by atoms with Crippen LogP contribution < -0.4 is 10.2 Å². The lowest BCUT2D eigenvalue weighted by Gasteiger charge is -2.27. The molecule has 0 amide bonds. The minimum Gasteiger partial charge on any atom is -0.378 e. The van der Waals surface area contributed by atoms with Gasteiger partial charge in [0.15, 0.2) is 5.82 Å². The van der Waals surface area contributed by atoms with Crippen LogP contribution in [-0.4, -0.2) is 66.2 Å². The van der Waals surface area contributed by atoms with Gasteiger partial charge >= 0.3 is 0 Å². The van der Waals surface area contributed by atoms with Gasteiger partial charge in [-0.3, -0.25) is 4.68 Å². The van der Waals surface area contributed by atoms with Gasteiger partial charge in [0.25, 0.3) is 0 Å². The molecule has 11 nitrogen and oxygen atoms in total. The maximum atomic E-state index is 5.52. The van der Waals surface area contributed by atoms with E-state index in [-0.39, 0.29) is 0 Å². The normalized spacial score (nSPS) is 13.9. The first kappa shape index (κ1) is 21.2. The van der Waals surface area contributed by atoms with Crippen LogP contribution in [0.2, 0.25) is 0 Å². The number of pyridine rings is 1. The molecule has 2 N–H and O–H groups in total. The third-order valence-electron chi connectivity index (χ3n) is 5.98. The number of morpholine rings is 1. The Hall–Kier alpha value is -4.38. The van der Waals surface area contributed by atoms with Crippen LogP contribution in [0.4, 0.5) is 17.5 Å². The number of fused-ring (bicyclic) bond motifs is 1. The number of aromatic nitrogens is 8. The van der Waals surface area contributed by atoms with Gasteiger partial charge in [-0.15, -0.1) is 10.2 Å². The fourth-order valence-corrected chi connectivity index (χ4v) is 4.19. The quantitative estimate of drug-likeness (QED) is 0.400. The third kappa shape index (κ3) is 4.17. The summed E-state index contributed by atoms with van der Waals surface area (Å²) in [4.78, 5) is 19.7. The SMILES string of the molecule is Cc1nn(C)c2ccc(-c3cc(Nc4ccc(-c5nnc[nH]5)cc4)nc(N4CCOCC4)n3)nc12. The topological polar surface area (TPSA) is 123 Å². The van der Waals surface area contributed by atoms with E-state index in [2.05, 4.69) is 30.5 Å². The molecule has 1 fully saturated rings. The number of rotatable bonds is 5. The third-order valence-corrected chi connectivity index (χ3v) is 5.98. The average Bonchev–Trinajstić information content (AvgIpc) is 3.53. The lowest BCUT2D eigenvalue weighted by molar-refractivity contribution is 0.122. The summed E-state index contributed by atoms with van der Waals surface area (Å²) < 4.78 is 7.36. The van der Waals surface area contributed by atoms with Crippen molar-refractivity contribution in [1.82, 2.24) is 39.9 Å². The molecular formula is C24H24N10O. The number of ether oxygens (including phenoxy) is 1. The van der Waals surface area contributed by atoms with E-state index in [4.69, 9.17) is 19.7 Å². The van der Waals surface area contributed by atoms with E-state index in [9.17, 15) is 0 Å². The average molecular weight is 469 g/mol. The highest BCUT2D eigenvalue weighted by molar-refractivity contribution is 5.80. The molecule has 0 bridgehead atoms. The number of benzene rings is 1. The molecule has 0 saturated carbocycles. The fourth-order valence-electron chi connectivity index (χ4n) is 4.19. The van der Waals surface area contributed by atoms with E-state index in [1.807, 2.05) is 61.1 Å². The van der Waals surface area contributed by atoms with Gasteiger partial charge in [-0.25, -0.2) is 9.97 Å². The molecule has 1 aromatic carbocycles. The Morgan fingerprint density at radius 1 is 0.971 bits per heavy atom. The minimum atomic E-state index is 0.649. The largest absolute Gasteiger partial charge is 0.378 e. The molecule has 1 aliphatic rings. The summed E-state index contributed by atoms with van der Waals surface area (Å²) in [5, 5.41) is 15.8. The maximum absolute atomic E-state index is 5.52. The van der Waals surface area contributed by atoms with Crippen molar-refractivity contribution >= 4 is 28.5 Å². The molecule has 6 rings (SSSR count). The van der Waals surface area contributed by atoms with E-state index < -0.39 is 0 Å². The number of anilines is 3. The van der Waals surface area contributed by atoms with Gasteiger partial charge in [-0.2, -0.15) is 10.1 Å². The first-order valence-electron chi connectivity index (χ1n) is 11.4. The van der Waals surface area contributed by atoms with Gasteiger partial charge in [-0.05, 0) is 43.3 Å². The fraction of sp³-hybridized carbons (Fsp3) is 0.250. The Labute approximate surface area is 201 Å². The minimum absolute atomic E-state index is 0.649. The van der Waals surface area contributed by atoms with Gasteiger partial charge in [0.1, 0.15) is 17.7 Å². The standard InChI is InChI=1S/C24H24N10O/c1-15-22-20(33(2)32-15)8-7-18(28-22)19-13-21(30-24(29-19)34-9-11-35-12-10-34)27-17-5-3-16(4-6-17)23-25-14-26-31-23/h3-8,13-14H,9-12H2,1-2H3,(H,25,26,31)(H,27,29,30). The highest BCUT2D eigenvalue weighted by atomic mass is 16.5. The smallest absolute Gasteiger partial charge is 0.228 e. The van der Waals surface area contributed by atoms with Crippen molar-refractivity contribution < 1.29 is 4.74 Å². The Balaban J connectivity index is 1.37. The van der Waals surface area contributed by atoms with Crippen molar-refractivity contribution in [2.75, 3.05) is 36.5 Å². The van der Waals surface area contributed by atoms with Crippen LogP contribution in [0.15, 0.2) is 48.8 Å². The number of aryl methyl sites for hydroxylation is 2. The molecule has 0 aliphatic carbocycles. The van der Waals surface area contributed by atoms with Crippen LogP contribution in [0.5, 0.6) is 0 Å². The molecule has 176 valence electrons. The molecule has 4 aromatic heterocycles. The predicted octanol–water partition coefficient (Wildman–Crippen LogP) is 3.10. The van der Waals surface area contributed by atoms with E-state index in [0.717, 1.165) is 58.3 Å². The van der Waals surface area contributed by atoms with Gasteiger partial charge in [-0.1, -0.05) is 0 Å². The Kier molecular flexibility index (Phi) is 5.30. The summed E-state index contributed by atoms with van der Waals surface area (Å²) >= 11 is 0.